The summed E-state index contributed by atoms with van der Waals surface area (Å²) in [6.07, 6.45) is 1.71. The largest absolute Gasteiger partial charge is 0.598 e. The molecule has 3 aromatic rings. The summed E-state index contributed by atoms with van der Waals surface area (Å²) in [5.41, 5.74) is 2.87. The monoisotopic (exact) mass is 424 g/mol. The van der Waals surface area contributed by atoms with Gasteiger partial charge in [-0.3, -0.25) is 9.78 Å². The fourth-order valence-electron chi connectivity index (χ4n) is 2.70. The molecule has 0 radical (unpaired) electrons. The molecule has 0 aliphatic rings. The highest BCUT2D eigenvalue weighted by atomic mass is 35.5. The van der Waals surface area contributed by atoms with Crippen LogP contribution in [-0.2, 0) is 24.5 Å². The lowest BCUT2D eigenvalue weighted by molar-refractivity contribution is 0.543. The Balaban J connectivity index is 1.96. The van der Waals surface area contributed by atoms with Gasteiger partial charge in [-0.05, 0) is 62.3 Å². The van der Waals surface area contributed by atoms with Crippen LogP contribution in [0.2, 0.25) is 5.02 Å². The summed E-state index contributed by atoms with van der Waals surface area (Å²) < 4.78 is 17.2. The molecule has 0 fully saturated rings. The molecule has 2 aromatic heterocycles. The summed E-state index contributed by atoms with van der Waals surface area (Å²) in [7, 11) is 0. The van der Waals surface area contributed by atoms with Gasteiger partial charge in [0.2, 0.25) is 0 Å². The van der Waals surface area contributed by atoms with Crippen LogP contribution in [0.4, 0.5) is 0 Å². The lowest BCUT2D eigenvalue weighted by Gasteiger charge is -2.24. The summed E-state index contributed by atoms with van der Waals surface area (Å²) >= 11 is 10.3. The van der Waals surface area contributed by atoms with E-state index in [0.717, 1.165) is 16.6 Å². The Hall–Kier alpha value is -1.58. The summed E-state index contributed by atoms with van der Waals surface area (Å²) in [5.74, 6) is 0. The minimum Gasteiger partial charge on any atom is -0.598 e. The summed E-state index contributed by atoms with van der Waals surface area (Å²) in [5, 5.41) is 0.606. The zero-order chi connectivity index (χ0) is 19.8. The first-order valence-electron chi connectivity index (χ1n) is 8.39. The van der Waals surface area contributed by atoms with E-state index < -0.39 is 11.4 Å². The first kappa shape index (κ1) is 20.2. The predicted molar refractivity (Wildman–Crippen MR) is 113 cm³/mol. The third-order valence-electron chi connectivity index (χ3n) is 4.16. The van der Waals surface area contributed by atoms with Crippen LogP contribution in [0, 0.1) is 4.77 Å². The zero-order valence-corrected chi connectivity index (χ0v) is 17.6. The van der Waals surface area contributed by atoms with Crippen LogP contribution in [0.15, 0.2) is 35.3 Å². The van der Waals surface area contributed by atoms with Crippen molar-refractivity contribution in [3.05, 3.63) is 61.7 Å². The average Bonchev–Trinajstić information content (AvgIpc) is 3.07. The molecule has 1 aromatic carbocycles. The Morgan fingerprint density at radius 1 is 1.30 bits per heavy atom. The first-order valence-corrected chi connectivity index (χ1v) is 10.3. The van der Waals surface area contributed by atoms with Crippen molar-refractivity contribution >= 4 is 46.2 Å². The molecule has 0 bridgehead atoms. The van der Waals surface area contributed by atoms with Gasteiger partial charge in [-0.1, -0.05) is 17.7 Å². The number of fused-ring (bicyclic) bond motifs is 1. The standard InChI is InChI=1S/C18H21ClN4O2S2/c1-18(2,3)27(25)21-9-12-8-13(19)5-4-11(12)10-23-14-6-7-20-15(14)16(24)22-17(23)26/h4-8,20-21H,9-10H2,1-3H3,(H,22,24,26)/t27-/m1/s1. The normalized spacial score (nSPS) is 13.2. The molecule has 27 heavy (non-hydrogen) atoms. The van der Waals surface area contributed by atoms with E-state index in [-0.39, 0.29) is 10.3 Å². The van der Waals surface area contributed by atoms with Gasteiger partial charge < -0.3 is 14.1 Å². The van der Waals surface area contributed by atoms with Crippen molar-refractivity contribution in [3.8, 4) is 0 Å². The molecule has 0 amide bonds. The maximum atomic E-state index is 12.3. The summed E-state index contributed by atoms with van der Waals surface area (Å²) in [6.45, 7) is 6.61. The van der Waals surface area contributed by atoms with E-state index in [0.29, 0.717) is 28.4 Å². The van der Waals surface area contributed by atoms with E-state index in [2.05, 4.69) is 14.7 Å². The molecule has 1 atom stereocenters. The van der Waals surface area contributed by atoms with E-state index in [1.165, 1.54) is 0 Å². The van der Waals surface area contributed by atoms with Gasteiger partial charge in [-0.15, -0.1) is 4.72 Å². The van der Waals surface area contributed by atoms with Gasteiger partial charge in [0.1, 0.15) is 10.3 Å². The Morgan fingerprint density at radius 2 is 2.04 bits per heavy atom. The number of nitrogens with one attached hydrogen (secondary N) is 3. The average molecular weight is 425 g/mol. The van der Waals surface area contributed by atoms with E-state index in [1.807, 2.05) is 49.6 Å². The number of hydrogen-bond donors (Lipinski definition) is 3. The van der Waals surface area contributed by atoms with E-state index in [9.17, 15) is 9.35 Å². The molecule has 2 heterocycles. The fourth-order valence-corrected chi connectivity index (χ4v) is 3.87. The van der Waals surface area contributed by atoms with Crippen molar-refractivity contribution in [2.24, 2.45) is 0 Å². The molecular formula is C18H21ClN4O2S2. The molecule has 0 unspecified atom stereocenters. The van der Waals surface area contributed by atoms with Crippen molar-refractivity contribution in [2.75, 3.05) is 0 Å². The summed E-state index contributed by atoms with van der Waals surface area (Å²) in [4.78, 5) is 17.6. The Bertz CT molecular complexity index is 1080. The maximum Gasteiger partial charge on any atom is 0.276 e. The van der Waals surface area contributed by atoms with Gasteiger partial charge in [-0.25, -0.2) is 0 Å². The van der Waals surface area contributed by atoms with Crippen molar-refractivity contribution in [1.29, 1.82) is 0 Å². The number of H-pyrrole nitrogens is 2. The van der Waals surface area contributed by atoms with Gasteiger partial charge in [-0.2, -0.15) is 0 Å². The van der Waals surface area contributed by atoms with Crippen molar-refractivity contribution in [2.45, 2.75) is 38.6 Å². The SMILES string of the molecule is CC(C)(C)[S@@+]([O-])NCc1cc(Cl)ccc1Cn1c(=S)[nH]c(=O)c2[nH]ccc21. The van der Waals surface area contributed by atoms with Gasteiger partial charge in [0.25, 0.3) is 5.56 Å². The third-order valence-corrected chi connectivity index (χ3v) is 6.23. The second-order valence-corrected chi connectivity index (χ2v) is 10.1. The van der Waals surface area contributed by atoms with Crippen LogP contribution < -0.4 is 10.3 Å². The number of aromatic nitrogens is 3. The highest BCUT2D eigenvalue weighted by molar-refractivity contribution is 7.90. The molecule has 0 spiro atoms. The lowest BCUT2D eigenvalue weighted by atomic mass is 10.1. The number of aromatic amines is 2. The van der Waals surface area contributed by atoms with Crippen molar-refractivity contribution in [1.82, 2.24) is 19.3 Å². The predicted octanol–water partition coefficient (Wildman–Crippen LogP) is 3.64. The minimum atomic E-state index is -1.20. The van der Waals surface area contributed by atoms with Crippen LogP contribution in [0.1, 0.15) is 31.9 Å². The molecule has 144 valence electrons. The minimum absolute atomic E-state index is 0.241. The van der Waals surface area contributed by atoms with Crippen LogP contribution >= 0.6 is 23.8 Å². The molecule has 9 heteroatoms. The quantitative estimate of drug-likeness (QED) is 0.431. The van der Waals surface area contributed by atoms with Crippen molar-refractivity contribution in [3.63, 3.8) is 0 Å². The Morgan fingerprint density at radius 3 is 2.74 bits per heavy atom. The topological polar surface area (TPSA) is 88.7 Å². The number of rotatable bonds is 5. The first-order chi connectivity index (χ1) is 12.7. The number of benzene rings is 1. The number of hydrogen-bond acceptors (Lipinski definition) is 4. The molecule has 6 nitrogen and oxygen atoms in total. The Kier molecular flexibility index (Phi) is 5.83. The molecular weight excluding hydrogens is 404 g/mol. The third kappa shape index (κ3) is 4.47. The lowest BCUT2D eigenvalue weighted by Crippen LogP contribution is -2.39. The van der Waals surface area contributed by atoms with Crippen LogP contribution in [0.3, 0.4) is 0 Å². The highest BCUT2D eigenvalue weighted by Crippen LogP contribution is 2.21. The van der Waals surface area contributed by atoms with Gasteiger partial charge >= 0.3 is 0 Å². The van der Waals surface area contributed by atoms with Crippen LogP contribution in [0.25, 0.3) is 11.0 Å². The fraction of sp³-hybridized carbons (Fsp3) is 0.333. The number of halogens is 1. The molecule has 0 saturated carbocycles. The Labute approximate surface area is 170 Å². The van der Waals surface area contributed by atoms with Crippen LogP contribution in [0.5, 0.6) is 0 Å². The molecule has 0 aliphatic heterocycles. The number of nitrogens with zero attached hydrogens (tertiary/aromatic N) is 1. The van der Waals surface area contributed by atoms with Gasteiger partial charge in [0, 0.05) is 22.6 Å². The van der Waals surface area contributed by atoms with Gasteiger partial charge in [0.05, 0.1) is 18.6 Å². The summed E-state index contributed by atoms with van der Waals surface area (Å²) in [6, 6.07) is 7.41. The van der Waals surface area contributed by atoms with E-state index >= 15 is 0 Å². The maximum absolute atomic E-state index is 12.3. The van der Waals surface area contributed by atoms with E-state index in [1.54, 1.807) is 6.20 Å². The van der Waals surface area contributed by atoms with Crippen molar-refractivity contribution < 1.29 is 4.55 Å². The molecule has 3 N–H and O–H groups in total. The highest BCUT2D eigenvalue weighted by Gasteiger charge is 2.26. The second kappa shape index (κ2) is 7.81. The smallest absolute Gasteiger partial charge is 0.276 e. The molecule has 0 saturated heterocycles. The van der Waals surface area contributed by atoms with Crippen LogP contribution in [-0.4, -0.2) is 23.8 Å². The molecule has 3 rings (SSSR count). The van der Waals surface area contributed by atoms with Gasteiger partial charge in [0.15, 0.2) is 4.77 Å². The zero-order valence-electron chi connectivity index (χ0n) is 15.3. The molecule has 0 aliphatic carbocycles. The van der Waals surface area contributed by atoms with E-state index in [4.69, 9.17) is 23.8 Å². The second-order valence-electron chi connectivity index (χ2n) is 7.20.